The van der Waals surface area contributed by atoms with E-state index >= 15 is 0 Å². The summed E-state index contributed by atoms with van der Waals surface area (Å²) in [4.78, 5) is 26.1. The third-order valence-corrected chi connectivity index (χ3v) is 4.85. The van der Waals surface area contributed by atoms with Crippen molar-refractivity contribution in [2.75, 3.05) is 0 Å². The molecule has 0 N–H and O–H groups in total. The molecule has 0 unspecified atom stereocenters. The molecule has 0 fully saturated rings. The molecule has 0 spiro atoms. The fraction of sp³-hybridized carbons (Fsp3) is 0.100. The first kappa shape index (κ1) is 14.0. The zero-order valence-electron chi connectivity index (χ0n) is 13.8. The number of fused-ring (bicyclic) bond motifs is 3. The number of carbonyl (C=O) groups excluding carboxylic acids is 1. The first-order valence-corrected chi connectivity index (χ1v) is 8.09. The van der Waals surface area contributed by atoms with E-state index in [1.165, 1.54) is 10.9 Å². The van der Waals surface area contributed by atoms with Crippen LogP contribution in [0.4, 0.5) is 11.4 Å². The summed E-state index contributed by atoms with van der Waals surface area (Å²) in [6.07, 6.45) is 4.73. The van der Waals surface area contributed by atoms with E-state index in [0.29, 0.717) is 5.71 Å². The summed E-state index contributed by atoms with van der Waals surface area (Å²) in [5.74, 6) is -0.164. The quantitative estimate of drug-likeness (QED) is 0.539. The van der Waals surface area contributed by atoms with E-state index in [9.17, 15) is 4.79 Å². The monoisotopic (exact) mass is 326 g/mol. The normalized spacial score (nSPS) is 13.8. The number of nitrogens with zero attached hydrogens (tertiary/aromatic N) is 4. The molecule has 2 aliphatic rings. The smallest absolute Gasteiger partial charge is 0.271 e. The highest BCUT2D eigenvalue weighted by molar-refractivity contribution is 6.55. The number of rotatable bonds is 1. The van der Waals surface area contributed by atoms with E-state index in [1.807, 2.05) is 31.2 Å². The number of aliphatic imine (C=N–C) groups is 1. The molecular formula is C20H14N4O. The van der Waals surface area contributed by atoms with Crippen LogP contribution in [0, 0.1) is 17.4 Å². The van der Waals surface area contributed by atoms with Crippen molar-refractivity contribution in [3.8, 4) is 0 Å². The molecular weight excluding hydrogens is 312 g/mol. The number of hydrogen-bond donors (Lipinski definition) is 0. The Hall–Kier alpha value is -3.34. The van der Waals surface area contributed by atoms with Crippen molar-refractivity contribution in [1.29, 1.82) is 0 Å². The second-order valence-corrected chi connectivity index (χ2v) is 6.28. The van der Waals surface area contributed by atoms with Crippen LogP contribution in [0.25, 0.3) is 5.57 Å². The van der Waals surface area contributed by atoms with Crippen molar-refractivity contribution in [3.05, 3.63) is 75.6 Å². The van der Waals surface area contributed by atoms with E-state index in [0.717, 1.165) is 43.5 Å². The van der Waals surface area contributed by atoms with Crippen LogP contribution < -0.4 is 10.6 Å². The van der Waals surface area contributed by atoms with Crippen LogP contribution in [0.1, 0.15) is 17.3 Å². The van der Waals surface area contributed by atoms with Gasteiger partial charge in [0, 0.05) is 28.0 Å². The summed E-state index contributed by atoms with van der Waals surface area (Å²) in [7, 11) is 0. The minimum absolute atomic E-state index is 0.164. The third-order valence-electron chi connectivity index (χ3n) is 4.85. The van der Waals surface area contributed by atoms with Crippen LogP contribution >= 0.6 is 0 Å². The fourth-order valence-corrected chi connectivity index (χ4v) is 3.65. The molecule has 120 valence electrons. The predicted octanol–water partition coefficient (Wildman–Crippen LogP) is 2.34. The standard InChI is InChI=1S/C20H14N4O/c1-11-17-12(2)19(20(25)24-8-7-21-10-24)23-16(17)9-14-13-5-3-4-6-15(13)22-18(11)14/h3-10H,1-2H3. The molecule has 0 atom stereocenters. The maximum atomic E-state index is 12.7. The summed E-state index contributed by atoms with van der Waals surface area (Å²) in [5, 5.41) is 4.20. The molecule has 25 heavy (non-hydrogen) atoms. The predicted molar refractivity (Wildman–Crippen MR) is 94.8 cm³/mol. The Bertz CT molecular complexity index is 1320. The minimum Gasteiger partial charge on any atom is -0.271 e. The first-order valence-electron chi connectivity index (χ1n) is 8.09. The SMILES string of the molecule is CC1=c2c(cc3c(c2C)N=c2ccccc2=3)N=C1C(=O)n1ccnc1. The van der Waals surface area contributed by atoms with E-state index in [4.69, 9.17) is 4.99 Å². The van der Waals surface area contributed by atoms with Gasteiger partial charge in [0.1, 0.15) is 12.0 Å². The molecule has 0 radical (unpaired) electrons. The minimum atomic E-state index is -0.164. The van der Waals surface area contributed by atoms with Gasteiger partial charge in [0.2, 0.25) is 0 Å². The molecule has 2 aromatic carbocycles. The lowest BCUT2D eigenvalue weighted by Gasteiger charge is -2.03. The van der Waals surface area contributed by atoms with Gasteiger partial charge in [-0.05, 0) is 37.1 Å². The Morgan fingerprint density at radius 3 is 2.72 bits per heavy atom. The molecule has 5 rings (SSSR count). The number of carbonyl (C=O) groups is 1. The highest BCUT2D eigenvalue weighted by Gasteiger charge is 2.24. The molecule has 0 saturated carbocycles. The molecule has 0 saturated heterocycles. The van der Waals surface area contributed by atoms with Gasteiger partial charge in [-0.2, -0.15) is 0 Å². The van der Waals surface area contributed by atoms with E-state index in [1.54, 1.807) is 12.4 Å². The van der Waals surface area contributed by atoms with Gasteiger partial charge in [0.05, 0.1) is 16.7 Å². The summed E-state index contributed by atoms with van der Waals surface area (Å²) >= 11 is 0. The number of benzene rings is 2. The summed E-state index contributed by atoms with van der Waals surface area (Å²) < 4.78 is 1.46. The molecule has 2 aliphatic heterocycles. The van der Waals surface area contributed by atoms with E-state index < -0.39 is 0 Å². The van der Waals surface area contributed by atoms with E-state index in [2.05, 4.69) is 23.0 Å². The van der Waals surface area contributed by atoms with Crippen molar-refractivity contribution in [1.82, 2.24) is 9.55 Å². The van der Waals surface area contributed by atoms with Crippen LogP contribution in [-0.2, 0) is 0 Å². The van der Waals surface area contributed by atoms with Gasteiger partial charge in [0.15, 0.2) is 0 Å². The molecule has 3 aromatic rings. The lowest BCUT2D eigenvalue weighted by atomic mass is 10.0. The first-order chi connectivity index (χ1) is 12.1. The van der Waals surface area contributed by atoms with Crippen LogP contribution in [0.15, 0.2) is 59.0 Å². The topological polar surface area (TPSA) is 59.6 Å². The number of aromatic nitrogens is 2. The second kappa shape index (κ2) is 4.83. The highest BCUT2D eigenvalue weighted by atomic mass is 16.2. The molecule has 5 heteroatoms. The Morgan fingerprint density at radius 2 is 1.92 bits per heavy atom. The summed E-state index contributed by atoms with van der Waals surface area (Å²) in [5.41, 5.74) is 4.24. The molecule has 3 heterocycles. The largest absolute Gasteiger partial charge is 0.282 e. The van der Waals surface area contributed by atoms with Crippen LogP contribution in [0.3, 0.4) is 0 Å². The Labute approximate surface area is 143 Å². The van der Waals surface area contributed by atoms with Crippen molar-refractivity contribution < 1.29 is 4.79 Å². The molecule has 0 aliphatic carbocycles. The average Bonchev–Trinajstić information content (AvgIpc) is 3.33. The van der Waals surface area contributed by atoms with Crippen LogP contribution in [0.2, 0.25) is 0 Å². The maximum absolute atomic E-state index is 12.7. The zero-order chi connectivity index (χ0) is 17.1. The maximum Gasteiger partial charge on any atom is 0.282 e. The van der Waals surface area contributed by atoms with Gasteiger partial charge in [-0.1, -0.05) is 18.2 Å². The van der Waals surface area contributed by atoms with Gasteiger partial charge in [-0.25, -0.2) is 15.0 Å². The number of hydrogen-bond acceptors (Lipinski definition) is 4. The molecule has 0 amide bonds. The lowest BCUT2D eigenvalue weighted by molar-refractivity contribution is 0.0991. The summed E-state index contributed by atoms with van der Waals surface area (Å²) in [6.45, 7) is 4.00. The van der Waals surface area contributed by atoms with Gasteiger partial charge in [-0.15, -0.1) is 0 Å². The fourth-order valence-electron chi connectivity index (χ4n) is 3.65. The van der Waals surface area contributed by atoms with Crippen molar-refractivity contribution in [2.24, 2.45) is 9.98 Å². The molecule has 0 bridgehead atoms. The Morgan fingerprint density at radius 1 is 1.08 bits per heavy atom. The van der Waals surface area contributed by atoms with Crippen LogP contribution in [-0.4, -0.2) is 21.2 Å². The molecule has 1 aromatic heterocycles. The van der Waals surface area contributed by atoms with Crippen molar-refractivity contribution in [2.45, 2.75) is 13.8 Å². The third kappa shape index (κ3) is 1.83. The Kier molecular flexibility index (Phi) is 2.71. The second-order valence-electron chi connectivity index (χ2n) is 6.28. The summed E-state index contributed by atoms with van der Waals surface area (Å²) in [6, 6.07) is 10.1. The van der Waals surface area contributed by atoms with Gasteiger partial charge >= 0.3 is 0 Å². The lowest BCUT2D eigenvalue weighted by Crippen LogP contribution is -2.21. The Balaban J connectivity index is 1.81. The van der Waals surface area contributed by atoms with Crippen LogP contribution in [0.5, 0.6) is 0 Å². The van der Waals surface area contributed by atoms with Gasteiger partial charge in [0.25, 0.3) is 5.91 Å². The number of imidazole rings is 1. The van der Waals surface area contributed by atoms with Crippen molar-refractivity contribution in [3.63, 3.8) is 0 Å². The molecule has 5 nitrogen and oxygen atoms in total. The zero-order valence-corrected chi connectivity index (χ0v) is 13.8. The van der Waals surface area contributed by atoms with E-state index in [-0.39, 0.29) is 5.91 Å². The highest BCUT2D eigenvalue weighted by Crippen LogP contribution is 2.28. The van der Waals surface area contributed by atoms with Gasteiger partial charge in [-0.3, -0.25) is 9.36 Å². The number of para-hydroxylation sites is 1. The van der Waals surface area contributed by atoms with Crippen molar-refractivity contribution >= 4 is 28.6 Å². The van der Waals surface area contributed by atoms with Gasteiger partial charge < -0.3 is 0 Å². The average molecular weight is 326 g/mol.